The van der Waals surface area contributed by atoms with Gasteiger partial charge in [0.25, 0.3) is 0 Å². The molecule has 4 nitrogen and oxygen atoms in total. The quantitative estimate of drug-likeness (QED) is 0.148. The second kappa shape index (κ2) is 28.1. The van der Waals surface area contributed by atoms with Gasteiger partial charge in [0, 0.05) is 53.4 Å². The maximum atomic E-state index is 4.40. The van der Waals surface area contributed by atoms with E-state index < -0.39 is 0 Å². The number of thiophene rings is 1. The minimum absolute atomic E-state index is 0. The fraction of sp³-hybridized carbons (Fsp3) is 0.571. The molecular weight excluding hydrogens is 761 g/mol. The van der Waals surface area contributed by atoms with E-state index in [9.17, 15) is 0 Å². The van der Waals surface area contributed by atoms with Gasteiger partial charge in [0.1, 0.15) is 0 Å². The van der Waals surface area contributed by atoms with Gasteiger partial charge in [-0.1, -0.05) is 165 Å². The van der Waals surface area contributed by atoms with Gasteiger partial charge < -0.3 is 0 Å². The predicted octanol–water partition coefficient (Wildman–Crippen LogP) is 18.1. The van der Waals surface area contributed by atoms with Crippen molar-refractivity contribution in [3.63, 3.8) is 0 Å². The van der Waals surface area contributed by atoms with Crippen LogP contribution in [0.4, 0.5) is 0 Å². The van der Waals surface area contributed by atoms with Gasteiger partial charge in [0.05, 0.1) is 0 Å². The van der Waals surface area contributed by atoms with E-state index in [0.717, 1.165) is 0 Å². The van der Waals surface area contributed by atoms with Crippen LogP contribution in [-0.4, -0.2) is 19.9 Å². The summed E-state index contributed by atoms with van der Waals surface area (Å²) in [4.78, 5) is 18.6. The summed E-state index contributed by atoms with van der Waals surface area (Å²) in [6.07, 6.45) is 11.5. The zero-order valence-electron chi connectivity index (χ0n) is 42.0. The van der Waals surface area contributed by atoms with Crippen LogP contribution >= 0.6 is 11.3 Å². The molecule has 0 spiro atoms. The summed E-state index contributed by atoms with van der Waals surface area (Å²) in [5.41, 5.74) is 12.7. The summed E-state index contributed by atoms with van der Waals surface area (Å²) in [7, 11) is 0. The molecule has 0 unspecified atom stereocenters. The molecule has 340 valence electrons. The molecule has 0 aliphatic rings. The third-order valence-corrected chi connectivity index (χ3v) is 11.6. The zero-order chi connectivity index (χ0) is 45.9. The highest BCUT2D eigenvalue weighted by atomic mass is 32.1. The summed E-state index contributed by atoms with van der Waals surface area (Å²) in [5, 5.41) is 2.20. The molecule has 0 saturated heterocycles. The Labute approximate surface area is 381 Å². The predicted molar refractivity (Wildman–Crippen MR) is 273 cm³/mol. The Morgan fingerprint density at radius 3 is 0.967 bits per heavy atom. The standard InChI is InChI=1S/4C11H17N.C11H18S.CH4/c2*1-8(2)10-5-6-12-7-11(10)9(3)4;2*1-8(2)10-6-5-7-12-11(10)9(3)4;1-8(2)10-9(6-7-12-10)11(3,4)5;/h4*5-9H,1-4H3;6-8H,1-5H3;1H4. The van der Waals surface area contributed by atoms with Crippen molar-refractivity contribution in [3.8, 4) is 0 Å². The van der Waals surface area contributed by atoms with E-state index in [1.807, 2.05) is 60.7 Å². The highest BCUT2D eigenvalue weighted by Crippen LogP contribution is 2.34. The first-order chi connectivity index (χ1) is 27.9. The molecule has 0 aliphatic carbocycles. The fourth-order valence-corrected chi connectivity index (χ4v) is 8.16. The van der Waals surface area contributed by atoms with Crippen molar-refractivity contribution in [2.24, 2.45) is 0 Å². The Hall–Kier alpha value is -3.70. The molecule has 5 heteroatoms. The van der Waals surface area contributed by atoms with Gasteiger partial charge in [-0.3, -0.25) is 19.9 Å². The lowest BCUT2D eigenvalue weighted by molar-refractivity contribution is 0.582. The summed E-state index contributed by atoms with van der Waals surface area (Å²) in [5.74, 6) is 5.25. The first kappa shape index (κ1) is 57.3. The lowest BCUT2D eigenvalue weighted by Gasteiger charge is -2.20. The molecule has 5 aromatic rings. The molecule has 0 aliphatic heterocycles. The highest BCUT2D eigenvalue weighted by Gasteiger charge is 2.20. The SMILES string of the molecule is C.CC(C)c1cccnc1C(C)C.CC(C)c1cccnc1C(C)C.CC(C)c1ccncc1C(C)C.CC(C)c1ccncc1C(C)C.CC(C)c1sccc1C(C)(C)C. The Kier molecular flexibility index (Phi) is 26.4. The molecule has 0 amide bonds. The highest BCUT2D eigenvalue weighted by molar-refractivity contribution is 7.10. The maximum absolute atomic E-state index is 4.40. The molecule has 5 aromatic heterocycles. The first-order valence-electron chi connectivity index (χ1n) is 22.8. The van der Waals surface area contributed by atoms with Crippen molar-refractivity contribution in [1.29, 1.82) is 0 Å². The molecule has 5 rings (SSSR count). The molecule has 0 radical (unpaired) electrons. The van der Waals surface area contributed by atoms with Gasteiger partial charge in [-0.2, -0.15) is 0 Å². The summed E-state index contributed by atoms with van der Waals surface area (Å²) >= 11 is 1.88. The number of rotatable bonds is 9. The monoisotopic (exact) mass is 851 g/mol. The third kappa shape index (κ3) is 19.5. The topological polar surface area (TPSA) is 51.6 Å². The number of aromatic nitrogens is 4. The minimum Gasteiger partial charge on any atom is -0.264 e. The largest absolute Gasteiger partial charge is 0.264 e. The van der Waals surface area contributed by atoms with Crippen molar-refractivity contribution in [3.05, 3.63) is 140 Å². The van der Waals surface area contributed by atoms with Gasteiger partial charge >= 0.3 is 0 Å². The Balaban J connectivity index is 0.000000735. The van der Waals surface area contributed by atoms with Crippen LogP contribution in [0.15, 0.2) is 85.0 Å². The molecule has 0 N–H and O–H groups in total. The van der Waals surface area contributed by atoms with Gasteiger partial charge in [-0.05, 0) is 133 Å². The second-order valence-electron chi connectivity index (χ2n) is 19.8. The molecule has 5 heterocycles. The number of nitrogens with zero attached hydrogens (tertiary/aromatic N) is 4. The van der Waals surface area contributed by atoms with Gasteiger partial charge in [0.2, 0.25) is 0 Å². The van der Waals surface area contributed by atoms with Crippen molar-refractivity contribution < 1.29 is 0 Å². The van der Waals surface area contributed by atoms with Crippen molar-refractivity contribution in [2.45, 2.75) is 212 Å². The Morgan fingerprint density at radius 2 is 0.738 bits per heavy atom. The van der Waals surface area contributed by atoms with Crippen LogP contribution in [0.3, 0.4) is 0 Å². The Morgan fingerprint density at radius 1 is 0.393 bits per heavy atom. The van der Waals surface area contributed by atoms with Crippen molar-refractivity contribution in [1.82, 2.24) is 19.9 Å². The van der Waals surface area contributed by atoms with Crippen LogP contribution in [0.1, 0.15) is 261 Å². The van der Waals surface area contributed by atoms with E-state index in [1.54, 1.807) is 4.88 Å². The van der Waals surface area contributed by atoms with Crippen LogP contribution in [0.25, 0.3) is 0 Å². The fourth-order valence-electron chi connectivity index (χ4n) is 7.04. The van der Waals surface area contributed by atoms with Crippen LogP contribution < -0.4 is 0 Å². The third-order valence-electron chi connectivity index (χ3n) is 10.4. The van der Waals surface area contributed by atoms with Crippen LogP contribution in [0.5, 0.6) is 0 Å². The van der Waals surface area contributed by atoms with Gasteiger partial charge in [-0.15, -0.1) is 11.3 Å². The molecule has 61 heavy (non-hydrogen) atoms. The van der Waals surface area contributed by atoms with Gasteiger partial charge in [-0.25, -0.2) is 0 Å². The molecule has 0 bridgehead atoms. The smallest absolute Gasteiger partial charge is 0.0463 e. The molecular formula is C56H90N4S. The van der Waals surface area contributed by atoms with E-state index in [4.69, 9.17) is 0 Å². The van der Waals surface area contributed by atoms with Crippen LogP contribution in [-0.2, 0) is 5.41 Å². The number of pyridine rings is 4. The van der Waals surface area contributed by atoms with E-state index in [0.29, 0.717) is 58.7 Å². The lowest BCUT2D eigenvalue weighted by atomic mass is 9.85. The summed E-state index contributed by atoms with van der Waals surface area (Å²) in [6, 6.07) is 14.9. The second-order valence-corrected chi connectivity index (χ2v) is 20.8. The van der Waals surface area contributed by atoms with Crippen molar-refractivity contribution in [2.75, 3.05) is 0 Å². The van der Waals surface area contributed by atoms with E-state index in [-0.39, 0.29) is 7.43 Å². The summed E-state index contributed by atoms with van der Waals surface area (Å²) in [6.45, 7) is 46.7. The van der Waals surface area contributed by atoms with Gasteiger partial charge in [0.15, 0.2) is 0 Å². The average Bonchev–Trinajstić information content (AvgIpc) is 3.71. The number of hydrogen-bond donors (Lipinski definition) is 0. The summed E-state index contributed by atoms with van der Waals surface area (Å²) < 4.78 is 0. The van der Waals surface area contributed by atoms with Crippen LogP contribution in [0.2, 0.25) is 0 Å². The molecule has 0 saturated carbocycles. The first-order valence-corrected chi connectivity index (χ1v) is 23.7. The Bertz CT molecular complexity index is 1570. The van der Waals surface area contributed by atoms with E-state index in [1.165, 1.54) is 50.3 Å². The number of hydrogen-bond acceptors (Lipinski definition) is 5. The van der Waals surface area contributed by atoms with E-state index >= 15 is 0 Å². The molecule has 0 atom stereocenters. The van der Waals surface area contributed by atoms with Crippen molar-refractivity contribution >= 4 is 11.3 Å². The maximum Gasteiger partial charge on any atom is 0.0463 e. The van der Waals surface area contributed by atoms with E-state index in [2.05, 4.69) is 201 Å². The normalized spacial score (nSPS) is 11.2. The molecule has 0 aromatic carbocycles. The lowest BCUT2D eigenvalue weighted by Crippen LogP contribution is -2.12. The zero-order valence-corrected chi connectivity index (χ0v) is 42.8. The molecule has 0 fully saturated rings. The minimum atomic E-state index is 0. The average molecular weight is 851 g/mol. The van der Waals surface area contributed by atoms with Crippen LogP contribution in [0, 0.1) is 0 Å².